The lowest BCUT2D eigenvalue weighted by atomic mass is 10.1. The quantitative estimate of drug-likeness (QED) is 0.293. The predicted molar refractivity (Wildman–Crippen MR) is 51.0 cm³/mol. The Hall–Kier alpha value is -1.25. The topological polar surface area (TPSA) is 76.5 Å². The van der Waals surface area contributed by atoms with Crippen molar-refractivity contribution in [2.24, 2.45) is 5.11 Å². The van der Waals surface area contributed by atoms with Gasteiger partial charge in [-0.15, -0.1) is 6.42 Å². The van der Waals surface area contributed by atoms with E-state index in [0.29, 0.717) is 13.2 Å². The van der Waals surface area contributed by atoms with Crippen LogP contribution in [-0.4, -0.2) is 44.2 Å². The molecule has 0 aromatic heterocycles. The molecule has 0 unspecified atom stereocenters. The van der Waals surface area contributed by atoms with E-state index in [1.165, 1.54) is 0 Å². The zero-order valence-corrected chi connectivity index (χ0v) is 8.07. The number of ether oxygens (including phenoxy) is 3. The zero-order valence-electron chi connectivity index (χ0n) is 8.07. The molecule has 2 fully saturated rings. The Kier molecular flexibility index (Phi) is 3.09. The Bertz CT molecular complexity index is 321. The third-order valence-corrected chi connectivity index (χ3v) is 2.56. The van der Waals surface area contributed by atoms with Crippen molar-refractivity contribution < 1.29 is 14.2 Å². The Labute approximate surface area is 87.1 Å². The molecule has 0 N–H and O–H groups in total. The zero-order chi connectivity index (χ0) is 10.7. The number of terminal acetylenes is 1. The average Bonchev–Trinajstić information content (AvgIpc) is 2.79. The van der Waals surface area contributed by atoms with Crippen molar-refractivity contribution in [1.82, 2.24) is 0 Å². The maximum atomic E-state index is 8.34. The summed E-state index contributed by atoms with van der Waals surface area (Å²) in [5, 5.41) is 3.62. The molecule has 0 amide bonds. The Morgan fingerprint density at radius 1 is 1.47 bits per heavy atom. The van der Waals surface area contributed by atoms with Crippen molar-refractivity contribution in [3.63, 3.8) is 0 Å². The number of fused-ring (bicyclic) bond motifs is 1. The molecule has 4 atom stereocenters. The molecular weight excluding hydrogens is 198 g/mol. The molecular formula is C9H11N3O3. The summed E-state index contributed by atoms with van der Waals surface area (Å²) in [6, 6.07) is -0.251. The fraction of sp³-hybridized carbons (Fsp3) is 0.778. The molecule has 0 aromatic carbocycles. The number of nitrogens with zero attached hydrogens (tertiary/aromatic N) is 3. The van der Waals surface area contributed by atoms with Gasteiger partial charge in [0.2, 0.25) is 0 Å². The number of azide groups is 1. The average molecular weight is 209 g/mol. The first-order chi connectivity index (χ1) is 7.36. The van der Waals surface area contributed by atoms with Crippen LogP contribution in [0.15, 0.2) is 5.11 Å². The van der Waals surface area contributed by atoms with Crippen LogP contribution in [0, 0.1) is 12.3 Å². The van der Waals surface area contributed by atoms with Crippen LogP contribution in [0.25, 0.3) is 10.4 Å². The minimum atomic E-state index is -0.251. The molecule has 0 saturated carbocycles. The van der Waals surface area contributed by atoms with E-state index in [0.717, 1.165) is 0 Å². The fourth-order valence-electron chi connectivity index (χ4n) is 1.91. The summed E-state index contributed by atoms with van der Waals surface area (Å²) in [4.78, 5) is 2.76. The highest BCUT2D eigenvalue weighted by Gasteiger charge is 2.47. The maximum absolute atomic E-state index is 8.34. The summed E-state index contributed by atoms with van der Waals surface area (Å²) in [5.41, 5.74) is 8.34. The minimum absolute atomic E-state index is 0.148. The van der Waals surface area contributed by atoms with Gasteiger partial charge in [-0.2, -0.15) is 0 Å². The van der Waals surface area contributed by atoms with Gasteiger partial charge < -0.3 is 14.2 Å². The van der Waals surface area contributed by atoms with Gasteiger partial charge >= 0.3 is 0 Å². The van der Waals surface area contributed by atoms with Crippen molar-refractivity contribution >= 4 is 0 Å². The first-order valence-electron chi connectivity index (χ1n) is 4.69. The van der Waals surface area contributed by atoms with Crippen LogP contribution in [0.3, 0.4) is 0 Å². The van der Waals surface area contributed by atoms with E-state index in [2.05, 4.69) is 15.9 Å². The molecule has 0 spiro atoms. The Morgan fingerprint density at radius 2 is 2.27 bits per heavy atom. The fourth-order valence-corrected chi connectivity index (χ4v) is 1.91. The van der Waals surface area contributed by atoms with E-state index in [-0.39, 0.29) is 31.0 Å². The molecule has 2 heterocycles. The van der Waals surface area contributed by atoms with Gasteiger partial charge in [-0.3, -0.25) is 0 Å². The van der Waals surface area contributed by atoms with Gasteiger partial charge in [0.15, 0.2) is 0 Å². The van der Waals surface area contributed by atoms with Gasteiger partial charge in [-0.25, -0.2) is 0 Å². The normalized spacial score (nSPS) is 38.1. The lowest BCUT2D eigenvalue weighted by molar-refractivity contribution is -0.0192. The molecule has 0 radical (unpaired) electrons. The largest absolute Gasteiger partial charge is 0.372 e. The summed E-state index contributed by atoms with van der Waals surface area (Å²) in [5.74, 6) is 2.40. The molecule has 80 valence electrons. The number of hydrogen-bond donors (Lipinski definition) is 0. The molecule has 0 aliphatic carbocycles. The van der Waals surface area contributed by atoms with Crippen molar-refractivity contribution in [2.75, 3.05) is 19.8 Å². The Balaban J connectivity index is 1.96. The van der Waals surface area contributed by atoms with E-state index in [4.69, 9.17) is 26.2 Å². The van der Waals surface area contributed by atoms with Gasteiger partial charge in [0.25, 0.3) is 0 Å². The summed E-state index contributed by atoms with van der Waals surface area (Å²) in [6.07, 6.45) is 4.60. The summed E-state index contributed by atoms with van der Waals surface area (Å²) >= 11 is 0. The third kappa shape index (κ3) is 1.91. The molecule has 0 bridgehead atoms. The molecule has 15 heavy (non-hydrogen) atoms. The van der Waals surface area contributed by atoms with Gasteiger partial charge in [-0.05, 0) is 5.53 Å². The van der Waals surface area contributed by atoms with Gasteiger partial charge in [0.1, 0.15) is 18.8 Å². The van der Waals surface area contributed by atoms with Crippen molar-refractivity contribution in [1.29, 1.82) is 0 Å². The first-order valence-corrected chi connectivity index (χ1v) is 4.69. The maximum Gasteiger partial charge on any atom is 0.113 e. The van der Waals surface area contributed by atoms with Gasteiger partial charge in [0.05, 0.1) is 25.4 Å². The van der Waals surface area contributed by atoms with Crippen LogP contribution in [0.5, 0.6) is 0 Å². The second-order valence-corrected chi connectivity index (χ2v) is 3.42. The summed E-state index contributed by atoms with van der Waals surface area (Å²) in [7, 11) is 0. The molecule has 2 saturated heterocycles. The molecule has 6 nitrogen and oxygen atoms in total. The van der Waals surface area contributed by atoms with E-state index < -0.39 is 0 Å². The molecule has 0 aromatic rings. The van der Waals surface area contributed by atoms with Crippen LogP contribution in [0.4, 0.5) is 0 Å². The standard InChI is InChI=1S/C9H11N3O3/c1-2-3-13-7-5-15-8-6(11-12-10)4-14-9(7)8/h1,6-9H,3-5H2/t6-,7-,8+,9+/m0/s1. The number of rotatable bonds is 3. The third-order valence-electron chi connectivity index (χ3n) is 2.56. The lowest BCUT2D eigenvalue weighted by Crippen LogP contribution is -2.32. The summed E-state index contributed by atoms with van der Waals surface area (Å²) in [6.45, 7) is 1.07. The van der Waals surface area contributed by atoms with Crippen molar-refractivity contribution in [2.45, 2.75) is 24.4 Å². The molecule has 6 heteroatoms. The monoisotopic (exact) mass is 209 g/mol. The van der Waals surface area contributed by atoms with Crippen molar-refractivity contribution in [3.8, 4) is 12.3 Å². The van der Waals surface area contributed by atoms with E-state index in [1.807, 2.05) is 0 Å². The second kappa shape index (κ2) is 4.51. The highest BCUT2D eigenvalue weighted by atomic mass is 16.6. The van der Waals surface area contributed by atoms with E-state index >= 15 is 0 Å². The molecule has 2 aliphatic rings. The number of hydrogen-bond acceptors (Lipinski definition) is 4. The smallest absolute Gasteiger partial charge is 0.113 e. The van der Waals surface area contributed by atoms with Crippen LogP contribution in [-0.2, 0) is 14.2 Å². The minimum Gasteiger partial charge on any atom is -0.372 e. The van der Waals surface area contributed by atoms with Crippen molar-refractivity contribution in [3.05, 3.63) is 10.4 Å². The molecule has 2 rings (SSSR count). The summed E-state index contributed by atoms with van der Waals surface area (Å²) < 4.78 is 16.3. The molecule has 2 aliphatic heterocycles. The lowest BCUT2D eigenvalue weighted by Gasteiger charge is -2.14. The first kappa shape index (κ1) is 10.3. The van der Waals surface area contributed by atoms with Crippen LogP contribution < -0.4 is 0 Å². The predicted octanol–water partition coefficient (Wildman–Crippen LogP) is 0.481. The van der Waals surface area contributed by atoms with E-state index in [9.17, 15) is 0 Å². The van der Waals surface area contributed by atoms with Gasteiger partial charge in [0, 0.05) is 4.91 Å². The highest BCUT2D eigenvalue weighted by Crippen LogP contribution is 2.30. The Morgan fingerprint density at radius 3 is 3.00 bits per heavy atom. The van der Waals surface area contributed by atoms with E-state index in [1.54, 1.807) is 0 Å². The highest BCUT2D eigenvalue weighted by molar-refractivity contribution is 4.99. The van der Waals surface area contributed by atoms with Crippen LogP contribution in [0.2, 0.25) is 0 Å². The van der Waals surface area contributed by atoms with Gasteiger partial charge in [-0.1, -0.05) is 11.0 Å². The second-order valence-electron chi connectivity index (χ2n) is 3.42. The van der Waals surface area contributed by atoms with Crippen LogP contribution >= 0.6 is 0 Å². The SMILES string of the molecule is C#CCO[C@H]1CO[C@H]2[C@@H]1OC[C@@H]2N=[N+]=[N-]. The van der Waals surface area contributed by atoms with Crippen LogP contribution in [0.1, 0.15) is 0 Å².